The predicted molar refractivity (Wildman–Crippen MR) is 171 cm³/mol. The molecule has 0 radical (unpaired) electrons. The van der Waals surface area contributed by atoms with E-state index in [1.165, 1.54) is 121 Å². The van der Waals surface area contributed by atoms with Crippen LogP contribution in [0.5, 0.6) is 0 Å². The van der Waals surface area contributed by atoms with E-state index >= 15 is 0 Å². The van der Waals surface area contributed by atoms with Gasteiger partial charge in [0.1, 0.15) is 4.83 Å². The number of carbonyl (C=O) groups excluding carboxylic acids is 1. The van der Waals surface area contributed by atoms with E-state index in [4.69, 9.17) is 0 Å². The van der Waals surface area contributed by atoms with Gasteiger partial charge in [-0.2, -0.15) is 0 Å². The lowest BCUT2D eigenvalue weighted by Gasteiger charge is -2.36. The van der Waals surface area contributed by atoms with E-state index in [0.29, 0.717) is 18.0 Å². The maximum absolute atomic E-state index is 13.9. The molecule has 2 bridgehead atoms. The first-order chi connectivity index (χ1) is 19.8. The lowest BCUT2D eigenvalue weighted by atomic mass is 9.88. The number of nitrogens with zero attached hydrogens (tertiary/aromatic N) is 3. The number of hydrogen-bond donors (Lipinski definition) is 1. The summed E-state index contributed by atoms with van der Waals surface area (Å²) in [5.74, 6) is 0.336. The Kier molecular flexibility index (Phi) is 7.32. The number of carbonyl (C=O) groups is 1. The third-order valence-corrected chi connectivity index (χ3v) is 12.2. The third-order valence-electron chi connectivity index (χ3n) is 10.8. The number of fused-ring (bicyclic) bond motifs is 3. The van der Waals surface area contributed by atoms with Gasteiger partial charge in [-0.05, 0) is 141 Å². The third kappa shape index (κ3) is 5.08. The van der Waals surface area contributed by atoms with E-state index in [2.05, 4.69) is 71.6 Å². The van der Waals surface area contributed by atoms with Crippen LogP contribution in [0.2, 0.25) is 0 Å². The summed E-state index contributed by atoms with van der Waals surface area (Å²) in [6, 6.07) is 11.0. The summed E-state index contributed by atoms with van der Waals surface area (Å²) < 4.78 is 0. The van der Waals surface area contributed by atoms with E-state index in [1.54, 1.807) is 11.3 Å². The predicted octanol–water partition coefficient (Wildman–Crippen LogP) is 7.05. The van der Waals surface area contributed by atoms with Crippen molar-refractivity contribution in [1.29, 1.82) is 0 Å². The number of thiophene rings is 1. The average molecular weight is 573 g/mol. The Labute approximate surface area is 250 Å². The Morgan fingerprint density at radius 1 is 0.878 bits per heavy atom. The van der Waals surface area contributed by atoms with Crippen molar-refractivity contribution in [3.05, 3.63) is 45.8 Å². The standard InChI is InChI=1S/C35H48N4OS/c1-23-19-24(2)21-25(20-23)32-29(13-18-37-16-11-26(12-17-37)38-14-5-6-15-38)30-22-31(41-33(30)36-32)35(3,4)34(40)39-27-7-8-28(39)10-9-27/h19-22,26-28,36H,5-18H2,1-4H3. The zero-order valence-corrected chi connectivity index (χ0v) is 26.4. The van der Waals surface area contributed by atoms with Crippen LogP contribution in [0, 0.1) is 13.8 Å². The fourth-order valence-electron chi connectivity index (χ4n) is 8.52. The molecule has 6 heteroatoms. The van der Waals surface area contributed by atoms with Gasteiger partial charge in [0, 0.05) is 34.9 Å². The zero-order valence-electron chi connectivity index (χ0n) is 25.6. The highest BCUT2D eigenvalue weighted by Crippen LogP contribution is 2.44. The number of aromatic amines is 1. The second-order valence-corrected chi connectivity index (χ2v) is 15.1. The van der Waals surface area contributed by atoms with Gasteiger partial charge in [-0.25, -0.2) is 0 Å². The molecule has 0 saturated carbocycles. The normalized spacial score (nSPS) is 24.3. The molecule has 4 saturated heterocycles. The van der Waals surface area contributed by atoms with E-state index in [1.807, 2.05) is 0 Å². The molecular weight excluding hydrogens is 524 g/mol. The summed E-state index contributed by atoms with van der Waals surface area (Å²) in [5, 5.41) is 1.33. The summed E-state index contributed by atoms with van der Waals surface area (Å²) in [6.07, 6.45) is 11.2. The first-order valence-corrected chi connectivity index (χ1v) is 17.1. The highest BCUT2D eigenvalue weighted by atomic mass is 32.1. The topological polar surface area (TPSA) is 42.6 Å². The number of hydrogen-bond acceptors (Lipinski definition) is 4. The van der Waals surface area contributed by atoms with Gasteiger partial charge in [0.2, 0.25) is 5.91 Å². The quantitative estimate of drug-likeness (QED) is 0.330. The Balaban J connectivity index is 1.16. The van der Waals surface area contributed by atoms with Gasteiger partial charge in [0.25, 0.3) is 0 Å². The van der Waals surface area contributed by atoms with Crippen molar-refractivity contribution in [2.24, 2.45) is 0 Å². The highest BCUT2D eigenvalue weighted by molar-refractivity contribution is 7.19. The summed E-state index contributed by atoms with van der Waals surface area (Å²) >= 11 is 1.81. The molecule has 6 heterocycles. The van der Waals surface area contributed by atoms with Gasteiger partial charge in [0.15, 0.2) is 0 Å². The van der Waals surface area contributed by atoms with Crippen LogP contribution in [0.4, 0.5) is 0 Å². The van der Waals surface area contributed by atoms with Crippen LogP contribution in [-0.4, -0.2) is 76.4 Å². The van der Waals surface area contributed by atoms with Crippen LogP contribution >= 0.6 is 11.3 Å². The second kappa shape index (κ2) is 10.8. The molecular formula is C35H48N4OS. The molecule has 3 aromatic rings. The van der Waals surface area contributed by atoms with Crippen LogP contribution in [0.15, 0.2) is 24.3 Å². The van der Waals surface area contributed by atoms with Crippen molar-refractivity contribution in [2.45, 2.75) is 109 Å². The molecule has 0 atom stereocenters. The summed E-state index contributed by atoms with van der Waals surface area (Å²) in [4.78, 5) is 27.9. The monoisotopic (exact) mass is 572 g/mol. The van der Waals surface area contributed by atoms with Crippen molar-refractivity contribution >= 4 is 27.5 Å². The molecule has 4 aliphatic heterocycles. The molecule has 4 fully saturated rings. The number of amides is 1. The summed E-state index contributed by atoms with van der Waals surface area (Å²) in [6.45, 7) is 14.9. The van der Waals surface area contributed by atoms with Gasteiger partial charge < -0.3 is 19.7 Å². The molecule has 7 rings (SSSR count). The Morgan fingerprint density at radius 3 is 2.15 bits per heavy atom. The van der Waals surface area contributed by atoms with Crippen LogP contribution in [0.1, 0.15) is 86.8 Å². The van der Waals surface area contributed by atoms with Crippen LogP contribution in [-0.2, 0) is 16.6 Å². The Hall–Kier alpha value is -2.15. The molecule has 5 nitrogen and oxygen atoms in total. The van der Waals surface area contributed by atoms with E-state index in [0.717, 1.165) is 19.0 Å². The number of aryl methyl sites for hydroxylation is 2. The number of nitrogens with one attached hydrogen (secondary N) is 1. The largest absolute Gasteiger partial charge is 0.346 e. The van der Waals surface area contributed by atoms with Gasteiger partial charge in [-0.3, -0.25) is 4.79 Å². The molecule has 1 amide bonds. The van der Waals surface area contributed by atoms with Gasteiger partial charge in [0.05, 0.1) is 11.1 Å². The van der Waals surface area contributed by atoms with Crippen molar-refractivity contribution in [3.8, 4) is 11.3 Å². The fourth-order valence-corrected chi connectivity index (χ4v) is 9.71. The molecule has 2 aromatic heterocycles. The molecule has 0 spiro atoms. The number of aromatic nitrogens is 1. The highest BCUT2D eigenvalue weighted by Gasteiger charge is 2.47. The minimum atomic E-state index is -0.496. The SMILES string of the molecule is Cc1cc(C)cc(-c2[nH]c3sc(C(C)(C)C(=O)N4C5CCC4CC5)cc3c2CCN2CCC(N3CCCC3)CC2)c1. The van der Waals surface area contributed by atoms with E-state index < -0.39 is 5.41 Å². The van der Waals surface area contributed by atoms with Gasteiger partial charge in [-0.15, -0.1) is 11.3 Å². The molecule has 41 heavy (non-hydrogen) atoms. The number of piperidine rings is 1. The second-order valence-electron chi connectivity index (χ2n) is 14.1. The summed E-state index contributed by atoms with van der Waals surface area (Å²) in [5.41, 5.74) is 6.11. The smallest absolute Gasteiger partial charge is 0.233 e. The number of H-pyrrole nitrogens is 1. The Bertz CT molecular complexity index is 1380. The maximum Gasteiger partial charge on any atom is 0.233 e. The number of rotatable bonds is 7. The first-order valence-electron chi connectivity index (χ1n) is 16.3. The fraction of sp³-hybridized carbons (Fsp3) is 0.629. The Morgan fingerprint density at radius 2 is 1.51 bits per heavy atom. The van der Waals surface area contributed by atoms with E-state index in [-0.39, 0.29) is 0 Å². The summed E-state index contributed by atoms with van der Waals surface area (Å²) in [7, 11) is 0. The van der Waals surface area contributed by atoms with Crippen molar-refractivity contribution in [2.75, 3.05) is 32.7 Å². The number of likely N-dealkylation sites (tertiary alicyclic amines) is 2. The number of benzene rings is 1. The molecule has 1 N–H and O–H groups in total. The lowest BCUT2D eigenvalue weighted by molar-refractivity contribution is -0.137. The van der Waals surface area contributed by atoms with Crippen LogP contribution < -0.4 is 0 Å². The van der Waals surface area contributed by atoms with Gasteiger partial charge >= 0.3 is 0 Å². The van der Waals surface area contributed by atoms with Crippen molar-refractivity contribution < 1.29 is 4.79 Å². The molecule has 4 aliphatic rings. The lowest BCUT2D eigenvalue weighted by Crippen LogP contribution is -2.45. The molecule has 0 unspecified atom stereocenters. The van der Waals surface area contributed by atoms with Crippen LogP contribution in [0.3, 0.4) is 0 Å². The van der Waals surface area contributed by atoms with E-state index in [9.17, 15) is 4.79 Å². The maximum atomic E-state index is 13.9. The first kappa shape index (κ1) is 27.7. The molecule has 0 aliphatic carbocycles. The molecule has 1 aromatic carbocycles. The minimum absolute atomic E-state index is 0.336. The van der Waals surface area contributed by atoms with Crippen LogP contribution in [0.25, 0.3) is 21.5 Å². The molecule has 220 valence electrons. The zero-order chi connectivity index (χ0) is 28.3. The van der Waals surface area contributed by atoms with Crippen molar-refractivity contribution in [1.82, 2.24) is 19.7 Å². The minimum Gasteiger partial charge on any atom is -0.346 e. The van der Waals surface area contributed by atoms with Gasteiger partial charge in [-0.1, -0.05) is 17.2 Å². The average Bonchev–Trinajstić information content (AvgIpc) is 3.78. The van der Waals surface area contributed by atoms with Crippen molar-refractivity contribution in [3.63, 3.8) is 0 Å².